The van der Waals surface area contributed by atoms with Crippen molar-refractivity contribution in [2.24, 2.45) is 0 Å². The van der Waals surface area contributed by atoms with Gasteiger partial charge in [-0.1, -0.05) is 44.3 Å². The summed E-state index contributed by atoms with van der Waals surface area (Å²) in [5, 5.41) is 3.67. The molecule has 0 spiro atoms. The van der Waals surface area contributed by atoms with Gasteiger partial charge in [0.15, 0.2) is 0 Å². The van der Waals surface area contributed by atoms with Crippen molar-refractivity contribution in [3.8, 4) is 0 Å². The zero-order chi connectivity index (χ0) is 10.1. The van der Waals surface area contributed by atoms with Gasteiger partial charge in [-0.15, -0.1) is 0 Å². The Labute approximate surface area is 89.0 Å². The van der Waals surface area contributed by atoms with E-state index in [-0.39, 0.29) is 0 Å². The maximum Gasteiger partial charge on any atom is 0.00671 e. The average Bonchev–Trinajstić information content (AvgIpc) is 2.15. The minimum Gasteiger partial charge on any atom is -0.314 e. The van der Waals surface area contributed by atoms with E-state index in [1.807, 2.05) is 0 Å². The van der Waals surface area contributed by atoms with E-state index in [1.165, 1.54) is 51.4 Å². The highest BCUT2D eigenvalue weighted by molar-refractivity contribution is 4.79. The lowest BCUT2D eigenvalue weighted by atomic mass is 9.97. The first-order valence-corrected chi connectivity index (χ1v) is 6.28. The molecular formula is C13H25N. The molecule has 1 N–H and O–H groups in total. The Hall–Kier alpha value is -0.300. The minimum atomic E-state index is 0.806. The molecular weight excluding hydrogens is 170 g/mol. The Balaban J connectivity index is 2.07. The van der Waals surface area contributed by atoms with Gasteiger partial charge in [0.1, 0.15) is 0 Å². The highest BCUT2D eigenvalue weighted by atomic mass is 14.9. The molecule has 0 unspecified atom stereocenters. The Kier molecular flexibility index (Phi) is 6.77. The van der Waals surface area contributed by atoms with Gasteiger partial charge in [0, 0.05) is 6.04 Å². The summed E-state index contributed by atoms with van der Waals surface area (Å²) >= 11 is 0. The molecule has 0 bridgehead atoms. The summed E-state index contributed by atoms with van der Waals surface area (Å²) in [7, 11) is 0. The molecule has 1 nitrogen and oxygen atoms in total. The van der Waals surface area contributed by atoms with E-state index in [9.17, 15) is 0 Å². The SMILES string of the molecule is C/C=C/CCNC1CCCCCCC1. The quantitative estimate of drug-likeness (QED) is 0.533. The van der Waals surface area contributed by atoms with Crippen LogP contribution in [0.1, 0.15) is 58.3 Å². The van der Waals surface area contributed by atoms with Crippen LogP contribution in [-0.2, 0) is 0 Å². The molecule has 0 atom stereocenters. The lowest BCUT2D eigenvalue weighted by molar-refractivity contribution is 0.393. The van der Waals surface area contributed by atoms with Crippen molar-refractivity contribution in [3.05, 3.63) is 12.2 Å². The molecule has 0 saturated heterocycles. The molecule has 0 heterocycles. The molecule has 1 saturated carbocycles. The Morgan fingerprint density at radius 1 is 1.07 bits per heavy atom. The summed E-state index contributed by atoms with van der Waals surface area (Å²) in [5.41, 5.74) is 0. The van der Waals surface area contributed by atoms with Gasteiger partial charge in [0.05, 0.1) is 0 Å². The fourth-order valence-electron chi connectivity index (χ4n) is 2.20. The summed E-state index contributed by atoms with van der Waals surface area (Å²) in [5.74, 6) is 0. The third-order valence-corrected chi connectivity index (χ3v) is 3.08. The molecule has 1 rings (SSSR count). The highest BCUT2D eigenvalue weighted by Gasteiger charge is 2.09. The standard InChI is InChI=1S/C13H25N/c1-2-3-9-12-14-13-10-7-5-4-6-8-11-13/h2-3,13-14H,4-12H2,1H3/b3-2+. The molecule has 14 heavy (non-hydrogen) atoms. The van der Waals surface area contributed by atoms with Crippen LogP contribution in [0, 0.1) is 0 Å². The molecule has 0 aromatic heterocycles. The first-order chi connectivity index (χ1) is 6.93. The maximum absolute atomic E-state index is 3.67. The van der Waals surface area contributed by atoms with Crippen molar-refractivity contribution in [1.82, 2.24) is 5.32 Å². The summed E-state index contributed by atoms with van der Waals surface area (Å²) < 4.78 is 0. The number of hydrogen-bond donors (Lipinski definition) is 1. The maximum atomic E-state index is 3.67. The highest BCUT2D eigenvalue weighted by Crippen LogP contribution is 2.16. The number of allylic oxidation sites excluding steroid dienone is 1. The fraction of sp³-hybridized carbons (Fsp3) is 0.846. The second-order valence-electron chi connectivity index (χ2n) is 4.35. The molecule has 0 amide bonds. The lowest BCUT2D eigenvalue weighted by Gasteiger charge is -2.20. The Morgan fingerprint density at radius 3 is 2.36 bits per heavy atom. The third kappa shape index (κ3) is 5.43. The summed E-state index contributed by atoms with van der Waals surface area (Å²) in [4.78, 5) is 0. The first-order valence-electron chi connectivity index (χ1n) is 6.28. The number of hydrogen-bond acceptors (Lipinski definition) is 1. The van der Waals surface area contributed by atoms with E-state index in [1.54, 1.807) is 0 Å². The topological polar surface area (TPSA) is 12.0 Å². The second-order valence-corrected chi connectivity index (χ2v) is 4.35. The van der Waals surface area contributed by atoms with E-state index in [4.69, 9.17) is 0 Å². The molecule has 1 fully saturated rings. The van der Waals surface area contributed by atoms with Crippen molar-refractivity contribution in [2.45, 2.75) is 64.3 Å². The molecule has 82 valence electrons. The Bertz CT molecular complexity index is 143. The average molecular weight is 195 g/mol. The van der Waals surface area contributed by atoms with Gasteiger partial charge in [0.2, 0.25) is 0 Å². The normalized spacial score (nSPS) is 20.9. The van der Waals surface area contributed by atoms with Gasteiger partial charge < -0.3 is 5.32 Å². The van der Waals surface area contributed by atoms with E-state index < -0.39 is 0 Å². The van der Waals surface area contributed by atoms with Crippen LogP contribution < -0.4 is 5.32 Å². The zero-order valence-electron chi connectivity index (χ0n) is 9.60. The van der Waals surface area contributed by atoms with Crippen LogP contribution in [0.3, 0.4) is 0 Å². The summed E-state index contributed by atoms with van der Waals surface area (Å²) in [6.45, 7) is 3.25. The van der Waals surface area contributed by atoms with Gasteiger partial charge in [-0.3, -0.25) is 0 Å². The van der Waals surface area contributed by atoms with E-state index in [2.05, 4.69) is 24.4 Å². The molecule has 0 aromatic carbocycles. The van der Waals surface area contributed by atoms with Crippen LogP contribution in [0.4, 0.5) is 0 Å². The first kappa shape index (κ1) is 11.8. The van der Waals surface area contributed by atoms with Gasteiger partial charge in [0.25, 0.3) is 0 Å². The van der Waals surface area contributed by atoms with Crippen molar-refractivity contribution >= 4 is 0 Å². The predicted octanol–water partition coefficient (Wildman–Crippen LogP) is 3.66. The molecule has 1 heteroatoms. The van der Waals surface area contributed by atoms with Gasteiger partial charge in [-0.25, -0.2) is 0 Å². The van der Waals surface area contributed by atoms with Crippen LogP contribution >= 0.6 is 0 Å². The van der Waals surface area contributed by atoms with Crippen molar-refractivity contribution in [2.75, 3.05) is 6.54 Å². The van der Waals surface area contributed by atoms with Gasteiger partial charge >= 0.3 is 0 Å². The second kappa shape index (κ2) is 8.05. The largest absolute Gasteiger partial charge is 0.314 e. The molecule has 0 aromatic rings. The van der Waals surface area contributed by atoms with Gasteiger partial charge in [-0.2, -0.15) is 0 Å². The summed E-state index contributed by atoms with van der Waals surface area (Å²) in [6, 6.07) is 0.806. The van der Waals surface area contributed by atoms with Crippen molar-refractivity contribution in [1.29, 1.82) is 0 Å². The van der Waals surface area contributed by atoms with E-state index in [0.717, 1.165) is 12.6 Å². The molecule has 0 aliphatic heterocycles. The predicted molar refractivity (Wildman–Crippen MR) is 63.5 cm³/mol. The monoisotopic (exact) mass is 195 g/mol. The van der Waals surface area contributed by atoms with Crippen molar-refractivity contribution < 1.29 is 0 Å². The smallest absolute Gasteiger partial charge is 0.00671 e. The van der Waals surface area contributed by atoms with Gasteiger partial charge in [-0.05, 0) is 32.7 Å². The van der Waals surface area contributed by atoms with Crippen LogP contribution in [0.25, 0.3) is 0 Å². The van der Waals surface area contributed by atoms with Crippen LogP contribution in [-0.4, -0.2) is 12.6 Å². The molecule has 1 aliphatic carbocycles. The Morgan fingerprint density at radius 2 is 1.71 bits per heavy atom. The molecule has 0 radical (unpaired) electrons. The van der Waals surface area contributed by atoms with Crippen LogP contribution in [0.15, 0.2) is 12.2 Å². The van der Waals surface area contributed by atoms with E-state index in [0.29, 0.717) is 0 Å². The lowest BCUT2D eigenvalue weighted by Crippen LogP contribution is -2.30. The van der Waals surface area contributed by atoms with Crippen LogP contribution in [0.5, 0.6) is 0 Å². The molecule has 1 aliphatic rings. The van der Waals surface area contributed by atoms with Crippen LogP contribution in [0.2, 0.25) is 0 Å². The van der Waals surface area contributed by atoms with Crippen molar-refractivity contribution in [3.63, 3.8) is 0 Å². The number of nitrogens with one attached hydrogen (secondary N) is 1. The fourth-order valence-corrected chi connectivity index (χ4v) is 2.20. The minimum absolute atomic E-state index is 0.806. The number of rotatable bonds is 4. The zero-order valence-corrected chi connectivity index (χ0v) is 9.60. The third-order valence-electron chi connectivity index (χ3n) is 3.08. The summed E-state index contributed by atoms with van der Waals surface area (Å²) in [6.07, 6.45) is 15.6. The van der Waals surface area contributed by atoms with E-state index >= 15 is 0 Å².